The Labute approximate surface area is 134 Å². The van der Waals surface area contributed by atoms with E-state index in [1.807, 2.05) is 25.1 Å². The highest BCUT2D eigenvalue weighted by Gasteiger charge is 2.30. The molecule has 1 aromatic carbocycles. The number of aryl methyl sites for hydroxylation is 1. The summed E-state index contributed by atoms with van der Waals surface area (Å²) in [4.78, 5) is 0. The van der Waals surface area contributed by atoms with Gasteiger partial charge >= 0.3 is 0 Å². The van der Waals surface area contributed by atoms with Crippen LogP contribution in [-0.4, -0.2) is 17.0 Å². The van der Waals surface area contributed by atoms with Gasteiger partial charge in [-0.1, -0.05) is 68.7 Å². The maximum absolute atomic E-state index is 9.31. The summed E-state index contributed by atoms with van der Waals surface area (Å²) in [6.07, 6.45) is 11.3. The minimum Gasteiger partial charge on any atom is -0.483 e. The molecule has 0 amide bonds. The van der Waals surface area contributed by atoms with Crippen LogP contribution in [0.3, 0.4) is 0 Å². The van der Waals surface area contributed by atoms with Crippen molar-refractivity contribution in [1.82, 2.24) is 0 Å². The fourth-order valence-electron chi connectivity index (χ4n) is 3.11. The van der Waals surface area contributed by atoms with Crippen LogP contribution in [0.5, 0.6) is 5.75 Å². The van der Waals surface area contributed by atoms with Gasteiger partial charge in [0.05, 0.1) is 0 Å². The van der Waals surface area contributed by atoms with Gasteiger partial charge in [0.25, 0.3) is 0 Å². The molecule has 0 saturated heterocycles. The van der Waals surface area contributed by atoms with E-state index in [9.17, 15) is 5.21 Å². The fourth-order valence-corrected chi connectivity index (χ4v) is 3.11. The number of hydrogen-bond donors (Lipinski definition) is 1. The molecule has 0 fully saturated rings. The lowest BCUT2D eigenvalue weighted by atomic mass is 10.0. The van der Waals surface area contributed by atoms with Crippen LogP contribution in [0.4, 0.5) is 0 Å². The molecular weight excluding hydrogens is 274 g/mol. The average molecular weight is 303 g/mol. The van der Waals surface area contributed by atoms with Crippen molar-refractivity contribution in [2.45, 2.75) is 77.7 Å². The second kappa shape index (κ2) is 8.82. The summed E-state index contributed by atoms with van der Waals surface area (Å²) >= 11 is 0. The molecule has 0 bridgehead atoms. The lowest BCUT2D eigenvalue weighted by Crippen LogP contribution is -2.21. The summed E-state index contributed by atoms with van der Waals surface area (Å²) in [5, 5.41) is 12.8. The van der Waals surface area contributed by atoms with Crippen LogP contribution in [-0.2, 0) is 0 Å². The summed E-state index contributed by atoms with van der Waals surface area (Å²) in [5.74, 6) is 0.850. The number of oxime groups is 1. The van der Waals surface area contributed by atoms with Crippen LogP contribution in [0.1, 0.15) is 75.8 Å². The minimum atomic E-state index is -0.0816. The zero-order valence-electron chi connectivity index (χ0n) is 14.0. The van der Waals surface area contributed by atoms with Crippen molar-refractivity contribution in [1.29, 1.82) is 0 Å². The molecule has 0 spiro atoms. The topological polar surface area (TPSA) is 41.8 Å². The Kier molecular flexibility index (Phi) is 6.75. The first-order valence-corrected chi connectivity index (χ1v) is 8.76. The molecule has 122 valence electrons. The Morgan fingerprint density at radius 2 is 1.73 bits per heavy atom. The molecule has 0 aliphatic carbocycles. The Morgan fingerprint density at radius 1 is 1.05 bits per heavy atom. The van der Waals surface area contributed by atoms with Gasteiger partial charge in [-0.15, -0.1) is 0 Å². The number of fused-ring (bicyclic) bond motifs is 1. The van der Waals surface area contributed by atoms with Crippen LogP contribution >= 0.6 is 0 Å². The first-order valence-electron chi connectivity index (χ1n) is 8.76. The normalized spacial score (nSPS) is 18.5. The van der Waals surface area contributed by atoms with Crippen LogP contribution < -0.4 is 4.74 Å². The van der Waals surface area contributed by atoms with Gasteiger partial charge in [0.2, 0.25) is 0 Å². The van der Waals surface area contributed by atoms with Crippen LogP contribution in [0.25, 0.3) is 0 Å². The molecule has 1 aliphatic rings. The van der Waals surface area contributed by atoms with E-state index in [-0.39, 0.29) is 6.10 Å². The number of rotatable bonds is 9. The molecule has 22 heavy (non-hydrogen) atoms. The Bertz CT molecular complexity index is 496. The number of nitrogens with zero attached hydrogens (tertiary/aromatic N) is 1. The number of unbranched alkanes of at least 4 members (excludes halogenated alkanes) is 7. The van der Waals surface area contributed by atoms with Crippen molar-refractivity contribution in [3.8, 4) is 5.75 Å². The van der Waals surface area contributed by atoms with Crippen molar-refractivity contribution in [3.63, 3.8) is 0 Å². The summed E-state index contributed by atoms with van der Waals surface area (Å²) < 4.78 is 5.93. The summed E-state index contributed by atoms with van der Waals surface area (Å²) in [7, 11) is 0. The second-order valence-electron chi connectivity index (χ2n) is 6.35. The SMILES string of the molecule is CCCCCCCCCC[C@@H]1Oc2ccc(C)cc2/C1=N\O. The van der Waals surface area contributed by atoms with E-state index in [4.69, 9.17) is 4.74 Å². The van der Waals surface area contributed by atoms with E-state index in [0.717, 1.165) is 29.7 Å². The fraction of sp³-hybridized carbons (Fsp3) is 0.632. The molecule has 1 N–H and O–H groups in total. The van der Waals surface area contributed by atoms with Gasteiger partial charge in [-0.3, -0.25) is 0 Å². The molecule has 1 heterocycles. The van der Waals surface area contributed by atoms with Gasteiger partial charge in [-0.2, -0.15) is 0 Å². The highest BCUT2D eigenvalue weighted by Crippen LogP contribution is 2.32. The Balaban J connectivity index is 1.71. The first-order chi connectivity index (χ1) is 10.8. The van der Waals surface area contributed by atoms with E-state index >= 15 is 0 Å². The molecule has 0 radical (unpaired) electrons. The lowest BCUT2D eigenvalue weighted by Gasteiger charge is -2.10. The van der Waals surface area contributed by atoms with Crippen LogP contribution in [0.15, 0.2) is 23.4 Å². The molecular formula is C19H29NO2. The van der Waals surface area contributed by atoms with E-state index in [1.165, 1.54) is 44.9 Å². The predicted octanol–water partition coefficient (Wildman–Crippen LogP) is 5.47. The number of ether oxygens (including phenoxy) is 1. The van der Waals surface area contributed by atoms with Crippen LogP contribution in [0.2, 0.25) is 0 Å². The number of benzene rings is 1. The third-order valence-corrected chi connectivity index (χ3v) is 4.41. The molecule has 3 nitrogen and oxygen atoms in total. The van der Waals surface area contributed by atoms with E-state index in [0.29, 0.717) is 5.71 Å². The maximum Gasteiger partial charge on any atom is 0.145 e. The largest absolute Gasteiger partial charge is 0.483 e. The lowest BCUT2D eigenvalue weighted by molar-refractivity contribution is 0.254. The molecule has 1 aliphatic heterocycles. The van der Waals surface area contributed by atoms with E-state index in [1.54, 1.807) is 0 Å². The zero-order chi connectivity index (χ0) is 15.8. The molecule has 0 unspecified atom stereocenters. The van der Waals surface area contributed by atoms with Gasteiger partial charge in [0.1, 0.15) is 17.6 Å². The quantitative estimate of drug-likeness (QED) is 0.373. The zero-order valence-corrected chi connectivity index (χ0v) is 14.0. The minimum absolute atomic E-state index is 0.0816. The van der Waals surface area contributed by atoms with Crippen LogP contribution in [0, 0.1) is 6.92 Å². The monoisotopic (exact) mass is 303 g/mol. The smallest absolute Gasteiger partial charge is 0.145 e. The van der Waals surface area contributed by atoms with Crippen molar-refractivity contribution >= 4 is 5.71 Å². The molecule has 1 atom stereocenters. The standard InChI is InChI=1S/C19H29NO2/c1-3-4-5-6-7-8-9-10-11-18-19(20-21)16-14-15(2)12-13-17(16)22-18/h12-14,18,21H,3-11H2,1-2H3/b20-19+/t18-/m0/s1. The van der Waals surface area contributed by atoms with Crippen molar-refractivity contribution in [2.24, 2.45) is 5.16 Å². The highest BCUT2D eigenvalue weighted by molar-refractivity contribution is 6.08. The van der Waals surface area contributed by atoms with E-state index < -0.39 is 0 Å². The molecule has 2 rings (SSSR count). The molecule has 3 heteroatoms. The van der Waals surface area contributed by atoms with Crippen molar-refractivity contribution < 1.29 is 9.94 Å². The summed E-state index contributed by atoms with van der Waals surface area (Å²) in [6.45, 7) is 4.29. The molecule has 1 aromatic rings. The number of hydrogen-bond acceptors (Lipinski definition) is 3. The summed E-state index contributed by atoms with van der Waals surface area (Å²) in [6, 6.07) is 6.05. The predicted molar refractivity (Wildman–Crippen MR) is 91.1 cm³/mol. The highest BCUT2D eigenvalue weighted by atomic mass is 16.5. The van der Waals surface area contributed by atoms with Crippen molar-refractivity contribution in [2.75, 3.05) is 0 Å². The second-order valence-corrected chi connectivity index (χ2v) is 6.35. The molecule has 0 saturated carbocycles. The maximum atomic E-state index is 9.31. The van der Waals surface area contributed by atoms with Gasteiger partial charge in [0.15, 0.2) is 0 Å². The first kappa shape index (κ1) is 16.9. The van der Waals surface area contributed by atoms with E-state index in [2.05, 4.69) is 12.1 Å². The van der Waals surface area contributed by atoms with Gasteiger partial charge in [0, 0.05) is 5.56 Å². The van der Waals surface area contributed by atoms with Crippen molar-refractivity contribution in [3.05, 3.63) is 29.3 Å². The molecule has 0 aromatic heterocycles. The summed E-state index contributed by atoms with van der Waals surface area (Å²) in [5.41, 5.74) is 2.81. The van der Waals surface area contributed by atoms with Gasteiger partial charge in [-0.05, 0) is 31.9 Å². The average Bonchev–Trinajstić information content (AvgIpc) is 2.86. The van der Waals surface area contributed by atoms with Gasteiger partial charge < -0.3 is 9.94 Å². The third-order valence-electron chi connectivity index (χ3n) is 4.41. The third kappa shape index (κ3) is 4.49. The Morgan fingerprint density at radius 3 is 2.41 bits per heavy atom. The Hall–Kier alpha value is -1.51. The van der Waals surface area contributed by atoms with Gasteiger partial charge in [-0.25, -0.2) is 0 Å².